The Balaban J connectivity index is 1.68. The van der Waals surface area contributed by atoms with Crippen molar-refractivity contribution in [2.24, 2.45) is 0 Å². The van der Waals surface area contributed by atoms with Gasteiger partial charge in [0.15, 0.2) is 11.5 Å². The van der Waals surface area contributed by atoms with Gasteiger partial charge in [-0.3, -0.25) is 14.4 Å². The van der Waals surface area contributed by atoms with E-state index in [1.165, 1.54) is 19.1 Å². The van der Waals surface area contributed by atoms with Gasteiger partial charge in [0.1, 0.15) is 6.04 Å². The summed E-state index contributed by atoms with van der Waals surface area (Å²) in [5.41, 5.74) is 0.940. The third-order valence-corrected chi connectivity index (χ3v) is 6.85. The second-order valence-corrected chi connectivity index (χ2v) is 9.23. The fourth-order valence-electron chi connectivity index (χ4n) is 4.56. The maximum atomic E-state index is 13.7. The van der Waals surface area contributed by atoms with Crippen LogP contribution < -0.4 is 14.4 Å². The number of carbonyl (C=O) groups is 3. The van der Waals surface area contributed by atoms with Gasteiger partial charge in [-0.25, -0.2) is 4.90 Å². The Morgan fingerprint density at radius 1 is 1.00 bits per heavy atom. The molecule has 1 unspecified atom stereocenters. The Hall–Kier alpha value is -2.62. The van der Waals surface area contributed by atoms with E-state index in [-0.39, 0.29) is 30.2 Å². The number of hydrogen-bond donors (Lipinski definition) is 0. The lowest BCUT2D eigenvalue weighted by Gasteiger charge is -2.33. The molecule has 3 amide bonds. The third kappa shape index (κ3) is 4.20. The van der Waals surface area contributed by atoms with E-state index in [2.05, 4.69) is 22.6 Å². The molecule has 7 nitrogen and oxygen atoms in total. The van der Waals surface area contributed by atoms with Gasteiger partial charge in [-0.05, 0) is 77.9 Å². The van der Waals surface area contributed by atoms with Gasteiger partial charge in [0, 0.05) is 15.2 Å². The molecule has 32 heavy (non-hydrogen) atoms. The van der Waals surface area contributed by atoms with Gasteiger partial charge in [0.05, 0.1) is 26.3 Å². The molecule has 1 aliphatic carbocycles. The predicted molar refractivity (Wildman–Crippen MR) is 128 cm³/mol. The first-order valence-corrected chi connectivity index (χ1v) is 11.7. The van der Waals surface area contributed by atoms with Gasteiger partial charge < -0.3 is 14.4 Å². The van der Waals surface area contributed by atoms with Gasteiger partial charge in [0.2, 0.25) is 5.91 Å². The average molecular weight is 548 g/mol. The number of nitrogens with zero attached hydrogens (tertiary/aromatic N) is 2. The minimum atomic E-state index is -0.814. The van der Waals surface area contributed by atoms with Crippen molar-refractivity contribution in [3.05, 3.63) is 51.6 Å². The van der Waals surface area contributed by atoms with Gasteiger partial charge in [-0.2, -0.15) is 0 Å². The number of carbonyl (C=O) groups excluding carboxylic acids is 3. The number of anilines is 1. The van der Waals surface area contributed by atoms with Gasteiger partial charge in [-0.15, -0.1) is 0 Å². The number of amides is 3. The molecule has 0 aromatic heterocycles. The molecule has 2 aromatic rings. The number of ether oxygens (including phenoxy) is 2. The van der Waals surface area contributed by atoms with Crippen LogP contribution in [0.3, 0.4) is 0 Å². The average Bonchev–Trinajstić information content (AvgIpc) is 3.43. The molecule has 0 N–H and O–H groups in total. The molecule has 168 valence electrons. The second-order valence-electron chi connectivity index (χ2n) is 7.98. The Morgan fingerprint density at radius 3 is 2.28 bits per heavy atom. The SMILES string of the molecule is COc1ccc(C(=O)N(C2CCCC2)C2CC(=O)N(c3ccc(I)cc3)C2=O)cc1OC. The monoisotopic (exact) mass is 548 g/mol. The van der Waals surface area contributed by atoms with E-state index < -0.39 is 6.04 Å². The summed E-state index contributed by atoms with van der Waals surface area (Å²) in [5.74, 6) is 0.0576. The molecule has 0 spiro atoms. The van der Waals surface area contributed by atoms with Crippen LogP contribution >= 0.6 is 22.6 Å². The summed E-state index contributed by atoms with van der Waals surface area (Å²) in [6.45, 7) is 0. The topological polar surface area (TPSA) is 76.2 Å². The zero-order chi connectivity index (χ0) is 22.8. The number of hydrogen-bond acceptors (Lipinski definition) is 5. The van der Waals surface area contributed by atoms with Crippen molar-refractivity contribution < 1.29 is 23.9 Å². The number of halogens is 1. The molecule has 2 fully saturated rings. The zero-order valence-electron chi connectivity index (χ0n) is 18.0. The van der Waals surface area contributed by atoms with Crippen molar-refractivity contribution in [3.8, 4) is 11.5 Å². The number of imide groups is 1. The van der Waals surface area contributed by atoms with Crippen molar-refractivity contribution in [2.45, 2.75) is 44.2 Å². The molecule has 1 aliphatic heterocycles. The van der Waals surface area contributed by atoms with Crippen LogP contribution in [0.25, 0.3) is 0 Å². The Labute approximate surface area is 200 Å². The second kappa shape index (κ2) is 9.48. The molecule has 4 rings (SSSR count). The molecule has 0 bridgehead atoms. The summed E-state index contributed by atoms with van der Waals surface area (Å²) >= 11 is 2.18. The normalized spacial score (nSPS) is 18.8. The van der Waals surface area contributed by atoms with Gasteiger partial charge >= 0.3 is 0 Å². The van der Waals surface area contributed by atoms with Crippen LogP contribution in [-0.2, 0) is 9.59 Å². The molecular weight excluding hydrogens is 523 g/mol. The van der Waals surface area contributed by atoms with Crippen molar-refractivity contribution in [1.82, 2.24) is 4.90 Å². The number of rotatable bonds is 6. The molecular formula is C24H25IN2O5. The molecule has 8 heteroatoms. The van der Waals surface area contributed by atoms with Gasteiger partial charge in [0.25, 0.3) is 11.8 Å². The van der Waals surface area contributed by atoms with Crippen LogP contribution in [0, 0.1) is 3.57 Å². The van der Waals surface area contributed by atoms with Crippen molar-refractivity contribution in [1.29, 1.82) is 0 Å². The largest absolute Gasteiger partial charge is 0.493 e. The highest BCUT2D eigenvalue weighted by molar-refractivity contribution is 14.1. The highest BCUT2D eigenvalue weighted by Crippen LogP contribution is 2.34. The summed E-state index contributed by atoms with van der Waals surface area (Å²) in [6, 6.07) is 11.3. The molecule has 1 atom stereocenters. The highest BCUT2D eigenvalue weighted by atomic mass is 127. The van der Waals surface area contributed by atoms with Crippen molar-refractivity contribution in [2.75, 3.05) is 19.1 Å². The van der Waals surface area contributed by atoms with Crippen LogP contribution in [0.1, 0.15) is 42.5 Å². The molecule has 1 saturated heterocycles. The quantitative estimate of drug-likeness (QED) is 0.403. The first kappa shape index (κ1) is 22.6. The van der Waals surface area contributed by atoms with Crippen LogP contribution in [0.2, 0.25) is 0 Å². The lowest BCUT2D eigenvalue weighted by atomic mass is 10.1. The number of methoxy groups -OCH3 is 2. The molecule has 2 aliphatic rings. The van der Waals surface area contributed by atoms with Crippen LogP contribution in [0.15, 0.2) is 42.5 Å². The maximum Gasteiger partial charge on any atom is 0.257 e. The maximum absolute atomic E-state index is 13.7. The van der Waals surface area contributed by atoms with Crippen LogP contribution in [0.4, 0.5) is 5.69 Å². The fourth-order valence-corrected chi connectivity index (χ4v) is 4.92. The third-order valence-electron chi connectivity index (χ3n) is 6.13. The summed E-state index contributed by atoms with van der Waals surface area (Å²) < 4.78 is 11.6. The highest BCUT2D eigenvalue weighted by Gasteiger charge is 2.47. The van der Waals surface area contributed by atoms with Crippen molar-refractivity contribution in [3.63, 3.8) is 0 Å². The van der Waals surface area contributed by atoms with E-state index in [1.807, 2.05) is 12.1 Å². The van der Waals surface area contributed by atoms with E-state index >= 15 is 0 Å². The minimum absolute atomic E-state index is 0.0135. The Kier molecular flexibility index (Phi) is 6.68. The minimum Gasteiger partial charge on any atom is -0.493 e. The lowest BCUT2D eigenvalue weighted by Crippen LogP contribution is -2.50. The summed E-state index contributed by atoms with van der Waals surface area (Å²) in [7, 11) is 3.05. The van der Waals surface area contributed by atoms with Gasteiger partial charge in [-0.1, -0.05) is 12.8 Å². The summed E-state index contributed by atoms with van der Waals surface area (Å²) in [4.78, 5) is 42.8. The first-order valence-electron chi connectivity index (χ1n) is 10.6. The summed E-state index contributed by atoms with van der Waals surface area (Å²) in [6.07, 6.45) is 3.62. The number of benzene rings is 2. The Bertz CT molecular complexity index is 1030. The fraction of sp³-hybridized carbons (Fsp3) is 0.375. The molecule has 1 saturated carbocycles. The standard InChI is InChI=1S/C24H25IN2O5/c1-31-20-12-7-15(13-21(20)32-2)23(29)26(17-5-3-4-6-17)19-14-22(28)27(24(19)30)18-10-8-16(25)9-11-18/h7-13,17,19H,3-6,14H2,1-2H3. The molecule has 2 aromatic carbocycles. The zero-order valence-corrected chi connectivity index (χ0v) is 20.2. The van der Waals surface area contributed by atoms with E-state index in [1.54, 1.807) is 35.2 Å². The smallest absolute Gasteiger partial charge is 0.257 e. The lowest BCUT2D eigenvalue weighted by molar-refractivity contribution is -0.123. The van der Waals surface area contributed by atoms with E-state index in [9.17, 15) is 14.4 Å². The first-order chi connectivity index (χ1) is 15.4. The van der Waals surface area contributed by atoms with Crippen LogP contribution in [-0.4, -0.2) is 48.9 Å². The van der Waals surface area contributed by atoms with E-state index in [0.717, 1.165) is 29.3 Å². The van der Waals surface area contributed by atoms with E-state index in [4.69, 9.17) is 9.47 Å². The summed E-state index contributed by atoms with van der Waals surface area (Å²) in [5, 5.41) is 0. The van der Waals surface area contributed by atoms with Crippen LogP contribution in [0.5, 0.6) is 11.5 Å². The van der Waals surface area contributed by atoms with E-state index in [0.29, 0.717) is 22.7 Å². The predicted octanol–water partition coefficient (Wildman–Crippen LogP) is 4.03. The van der Waals surface area contributed by atoms with Crippen molar-refractivity contribution >= 4 is 46.0 Å². The molecule has 1 heterocycles. The molecule has 0 radical (unpaired) electrons. The Morgan fingerprint density at radius 2 is 1.66 bits per heavy atom.